The minimum Gasteiger partial charge on any atom is -0.465 e. The molecule has 0 aromatic heterocycles. The molecule has 6 heteroatoms. The van der Waals surface area contributed by atoms with Crippen molar-refractivity contribution >= 4 is 11.9 Å². The number of ether oxygens (including phenoxy) is 1. The molecule has 0 spiro atoms. The third kappa shape index (κ3) is 57.4. The summed E-state index contributed by atoms with van der Waals surface area (Å²) >= 11 is 0. The first kappa shape index (κ1) is 70.1. The van der Waals surface area contributed by atoms with Crippen LogP contribution in [0.25, 0.3) is 0 Å². The zero-order valence-electron chi connectivity index (χ0n) is 48.4. The molecule has 0 radical (unpaired) electrons. The molecule has 0 aromatic rings. The van der Waals surface area contributed by atoms with E-state index >= 15 is 0 Å². The smallest absolute Gasteiger partial charge is 0.305 e. The molecule has 0 saturated carbocycles. The number of amides is 1. The summed E-state index contributed by atoms with van der Waals surface area (Å²) in [5.41, 5.74) is 0. The van der Waals surface area contributed by atoms with Gasteiger partial charge >= 0.3 is 5.97 Å². The number of hydrogen-bond donors (Lipinski definition) is 3. The molecule has 1 amide bonds. The molecule has 424 valence electrons. The van der Waals surface area contributed by atoms with Crippen molar-refractivity contribution < 1.29 is 24.5 Å². The standard InChI is InChI=1S/C66H125NO5/c1-3-5-7-9-11-13-15-17-19-20-24-28-32-36-40-44-48-52-56-60-66(71)72-61-57-53-49-45-41-37-33-29-26-23-21-22-25-27-31-35-39-43-47-51-55-59-65(70)67-63(62-68)64(69)58-54-50-46-42-38-34-30-18-16-14-12-10-8-6-4-2/h37,41,49,53-54,58,63-64,68-69H,3-36,38-40,42-48,50-52,55-57,59-62H2,1-2H3,(H,67,70)/b41-37-,53-49-,58-54+. The molecular formula is C66H125NO5. The fourth-order valence-electron chi connectivity index (χ4n) is 10.0. The number of carbonyl (C=O) groups is 2. The summed E-state index contributed by atoms with van der Waals surface area (Å²) in [6, 6.07) is -0.632. The van der Waals surface area contributed by atoms with Gasteiger partial charge in [-0.1, -0.05) is 320 Å². The summed E-state index contributed by atoms with van der Waals surface area (Å²) in [4.78, 5) is 24.5. The van der Waals surface area contributed by atoms with E-state index in [-0.39, 0.29) is 18.5 Å². The van der Waals surface area contributed by atoms with Crippen LogP contribution in [-0.4, -0.2) is 47.4 Å². The highest BCUT2D eigenvalue weighted by Crippen LogP contribution is 2.18. The maximum Gasteiger partial charge on any atom is 0.305 e. The second-order valence-electron chi connectivity index (χ2n) is 22.1. The molecule has 0 heterocycles. The quantitative estimate of drug-likeness (QED) is 0.0320. The average Bonchev–Trinajstić information content (AvgIpc) is 3.38. The van der Waals surface area contributed by atoms with E-state index in [1.807, 2.05) is 6.08 Å². The fourth-order valence-corrected chi connectivity index (χ4v) is 10.0. The number of aliphatic hydroxyl groups excluding tert-OH is 2. The number of rotatable bonds is 60. The van der Waals surface area contributed by atoms with Crippen LogP contribution in [0, 0.1) is 0 Å². The van der Waals surface area contributed by atoms with Crippen molar-refractivity contribution in [3.05, 3.63) is 36.5 Å². The van der Waals surface area contributed by atoms with Crippen LogP contribution in [0.2, 0.25) is 0 Å². The van der Waals surface area contributed by atoms with Crippen LogP contribution in [0.3, 0.4) is 0 Å². The number of hydrogen-bond acceptors (Lipinski definition) is 5. The van der Waals surface area contributed by atoms with E-state index in [9.17, 15) is 19.8 Å². The molecule has 2 atom stereocenters. The summed E-state index contributed by atoms with van der Waals surface area (Å²) < 4.78 is 5.44. The molecule has 0 aliphatic heterocycles. The van der Waals surface area contributed by atoms with E-state index < -0.39 is 12.1 Å². The van der Waals surface area contributed by atoms with E-state index in [4.69, 9.17) is 4.74 Å². The van der Waals surface area contributed by atoms with Crippen LogP contribution >= 0.6 is 0 Å². The van der Waals surface area contributed by atoms with Crippen LogP contribution in [0.4, 0.5) is 0 Å². The number of aliphatic hydroxyl groups is 2. The summed E-state index contributed by atoms with van der Waals surface area (Å²) in [7, 11) is 0. The lowest BCUT2D eigenvalue weighted by Crippen LogP contribution is -2.45. The van der Waals surface area contributed by atoms with Crippen molar-refractivity contribution in [1.29, 1.82) is 0 Å². The molecule has 2 unspecified atom stereocenters. The van der Waals surface area contributed by atoms with Crippen molar-refractivity contribution in [2.45, 2.75) is 360 Å². The van der Waals surface area contributed by atoms with Crippen LogP contribution in [0.5, 0.6) is 0 Å². The normalized spacial score (nSPS) is 12.8. The number of esters is 1. The summed E-state index contributed by atoms with van der Waals surface area (Å²) in [5.74, 6) is -0.102. The van der Waals surface area contributed by atoms with Gasteiger partial charge in [-0.05, 0) is 51.4 Å². The van der Waals surface area contributed by atoms with Crippen molar-refractivity contribution in [3.63, 3.8) is 0 Å². The molecule has 0 rings (SSSR count). The van der Waals surface area contributed by atoms with E-state index in [0.29, 0.717) is 19.4 Å². The van der Waals surface area contributed by atoms with Gasteiger partial charge in [-0.3, -0.25) is 9.59 Å². The van der Waals surface area contributed by atoms with Gasteiger partial charge in [-0.2, -0.15) is 0 Å². The molecule has 72 heavy (non-hydrogen) atoms. The molecule has 0 saturated heterocycles. The summed E-state index contributed by atoms with van der Waals surface area (Å²) in [6.07, 6.45) is 77.8. The average molecular weight is 1010 g/mol. The van der Waals surface area contributed by atoms with E-state index in [1.54, 1.807) is 6.08 Å². The van der Waals surface area contributed by atoms with Crippen molar-refractivity contribution in [3.8, 4) is 0 Å². The van der Waals surface area contributed by atoms with Crippen molar-refractivity contribution in [2.24, 2.45) is 0 Å². The minimum atomic E-state index is -0.848. The van der Waals surface area contributed by atoms with Gasteiger partial charge < -0.3 is 20.3 Å². The third-order valence-electron chi connectivity index (χ3n) is 14.9. The maximum atomic E-state index is 12.5. The van der Waals surface area contributed by atoms with Gasteiger partial charge in [0.05, 0.1) is 25.4 Å². The van der Waals surface area contributed by atoms with E-state index in [0.717, 1.165) is 51.4 Å². The lowest BCUT2D eigenvalue weighted by Gasteiger charge is -2.20. The Hall–Kier alpha value is -1.92. The largest absolute Gasteiger partial charge is 0.465 e. The Morgan fingerprint density at radius 3 is 1.06 bits per heavy atom. The minimum absolute atomic E-state index is 0.0309. The summed E-state index contributed by atoms with van der Waals surface area (Å²) in [6.45, 7) is 4.82. The first-order chi connectivity index (χ1) is 35.5. The van der Waals surface area contributed by atoms with E-state index in [1.165, 1.54) is 270 Å². The first-order valence-electron chi connectivity index (χ1n) is 32.3. The summed E-state index contributed by atoms with van der Waals surface area (Å²) in [5, 5.41) is 23.1. The predicted molar refractivity (Wildman–Crippen MR) is 315 cm³/mol. The lowest BCUT2D eigenvalue weighted by atomic mass is 10.0. The molecule has 0 bridgehead atoms. The highest BCUT2D eigenvalue weighted by Gasteiger charge is 2.18. The van der Waals surface area contributed by atoms with Gasteiger partial charge in [0.25, 0.3) is 0 Å². The highest BCUT2D eigenvalue weighted by molar-refractivity contribution is 5.76. The Morgan fingerprint density at radius 1 is 0.389 bits per heavy atom. The van der Waals surface area contributed by atoms with Gasteiger partial charge in [0.15, 0.2) is 0 Å². The predicted octanol–water partition coefficient (Wildman–Crippen LogP) is 20.4. The Balaban J connectivity index is 3.45. The number of carbonyl (C=O) groups excluding carboxylic acids is 2. The van der Waals surface area contributed by atoms with Gasteiger partial charge in [0.1, 0.15) is 0 Å². The lowest BCUT2D eigenvalue weighted by molar-refractivity contribution is -0.143. The zero-order chi connectivity index (χ0) is 52.2. The van der Waals surface area contributed by atoms with Gasteiger partial charge in [-0.15, -0.1) is 0 Å². The molecule has 0 fully saturated rings. The Bertz CT molecular complexity index is 1170. The molecule has 0 aliphatic carbocycles. The van der Waals surface area contributed by atoms with Gasteiger partial charge in [0, 0.05) is 12.8 Å². The van der Waals surface area contributed by atoms with Crippen molar-refractivity contribution in [2.75, 3.05) is 13.2 Å². The number of nitrogens with one attached hydrogen (secondary N) is 1. The molecule has 0 aliphatic rings. The fraction of sp³-hybridized carbons (Fsp3) is 0.879. The maximum absolute atomic E-state index is 12.5. The molecule has 6 nitrogen and oxygen atoms in total. The van der Waals surface area contributed by atoms with E-state index in [2.05, 4.69) is 43.5 Å². The van der Waals surface area contributed by atoms with Crippen molar-refractivity contribution in [1.82, 2.24) is 5.32 Å². The number of unbranched alkanes of at least 4 members (excludes halogenated alkanes) is 45. The molecule has 3 N–H and O–H groups in total. The second-order valence-corrected chi connectivity index (χ2v) is 22.1. The van der Waals surface area contributed by atoms with Crippen LogP contribution in [0.15, 0.2) is 36.5 Å². The van der Waals surface area contributed by atoms with Crippen LogP contribution in [-0.2, 0) is 14.3 Å². The topological polar surface area (TPSA) is 95.9 Å². The molecular weight excluding hydrogens is 887 g/mol. The number of allylic oxidation sites excluding steroid dienone is 4. The second kappa shape index (κ2) is 61.6. The Labute approximate surface area is 449 Å². The first-order valence-corrected chi connectivity index (χ1v) is 32.3. The third-order valence-corrected chi connectivity index (χ3v) is 14.9. The van der Waals surface area contributed by atoms with Gasteiger partial charge in [-0.25, -0.2) is 0 Å². The highest BCUT2D eigenvalue weighted by atomic mass is 16.5. The SMILES string of the molecule is CCCCCCCCCCCCCCC/C=C/C(O)C(CO)NC(=O)CCCCCCCCCCCCCCCC/C=C\C/C=C\CCOC(=O)CCCCCCCCCCCCCCCCCCCCC. The zero-order valence-corrected chi connectivity index (χ0v) is 48.4. The molecule has 0 aromatic carbocycles. The Morgan fingerprint density at radius 2 is 0.694 bits per heavy atom. The Kier molecular flexibility index (Phi) is 60.0. The van der Waals surface area contributed by atoms with Crippen LogP contribution in [0.1, 0.15) is 348 Å². The monoisotopic (exact) mass is 1010 g/mol. The van der Waals surface area contributed by atoms with Crippen LogP contribution < -0.4 is 5.32 Å². The van der Waals surface area contributed by atoms with Gasteiger partial charge in [0.2, 0.25) is 5.91 Å².